The van der Waals surface area contributed by atoms with Crippen molar-refractivity contribution in [3.63, 3.8) is 0 Å². The van der Waals surface area contributed by atoms with E-state index in [-0.39, 0.29) is 17.2 Å². The maximum Gasteiger partial charge on any atom is 0.269 e. The van der Waals surface area contributed by atoms with Crippen LogP contribution in [0.25, 0.3) is 0 Å². The largest absolute Gasteiger partial charge is 0.487 e. The second-order valence-corrected chi connectivity index (χ2v) is 10.1. The molecular formula is C23H27N3O3S. The van der Waals surface area contributed by atoms with Gasteiger partial charge in [-0.25, -0.2) is 4.98 Å². The van der Waals surface area contributed by atoms with E-state index >= 15 is 0 Å². The molecule has 7 heteroatoms. The number of nitrogens with one attached hydrogen (secondary N) is 2. The number of nitrogens with zero attached hydrogens (tertiary/aromatic N) is 1. The molecule has 0 aliphatic heterocycles. The van der Waals surface area contributed by atoms with Gasteiger partial charge in [0.25, 0.3) is 5.91 Å². The van der Waals surface area contributed by atoms with Gasteiger partial charge in [-0.15, -0.1) is 11.3 Å². The number of ether oxygens (including phenoxy) is 1. The van der Waals surface area contributed by atoms with Crippen LogP contribution in [0.2, 0.25) is 0 Å². The van der Waals surface area contributed by atoms with Gasteiger partial charge in [0.05, 0.1) is 11.2 Å². The molecule has 4 saturated carbocycles. The summed E-state index contributed by atoms with van der Waals surface area (Å²) in [5.41, 5.74) is 8.43. The molecule has 4 fully saturated rings. The van der Waals surface area contributed by atoms with Gasteiger partial charge < -0.3 is 4.74 Å². The number of hydrogen-bond donors (Lipinski definition) is 2. The van der Waals surface area contributed by atoms with Crippen molar-refractivity contribution in [2.45, 2.75) is 51.6 Å². The van der Waals surface area contributed by atoms with Crippen molar-refractivity contribution >= 4 is 23.2 Å². The first kappa shape index (κ1) is 19.5. The highest BCUT2D eigenvalue weighted by Gasteiger charge is 2.51. The topological polar surface area (TPSA) is 80.3 Å². The van der Waals surface area contributed by atoms with Crippen molar-refractivity contribution in [2.75, 3.05) is 0 Å². The van der Waals surface area contributed by atoms with Crippen molar-refractivity contribution in [3.05, 3.63) is 46.4 Å². The Morgan fingerprint density at radius 2 is 1.83 bits per heavy atom. The van der Waals surface area contributed by atoms with E-state index < -0.39 is 0 Å². The van der Waals surface area contributed by atoms with E-state index in [4.69, 9.17) is 4.74 Å². The Hall–Kier alpha value is -2.41. The normalized spacial score (nSPS) is 28.9. The molecule has 4 aliphatic rings. The highest BCUT2D eigenvalue weighted by molar-refractivity contribution is 7.07. The summed E-state index contributed by atoms with van der Waals surface area (Å²) in [5, 5.41) is 1.93. The Bertz CT molecular complexity index is 892. The molecule has 2 amide bonds. The number of hydrogen-bond acceptors (Lipinski definition) is 5. The van der Waals surface area contributed by atoms with Crippen LogP contribution in [-0.4, -0.2) is 16.8 Å². The third-order valence-electron chi connectivity index (χ3n) is 6.98. The summed E-state index contributed by atoms with van der Waals surface area (Å²) in [4.78, 5) is 29.3. The van der Waals surface area contributed by atoms with Crippen LogP contribution in [-0.2, 0) is 11.4 Å². The van der Waals surface area contributed by atoms with Crippen LogP contribution >= 0.6 is 11.3 Å². The van der Waals surface area contributed by atoms with Crippen LogP contribution < -0.4 is 15.6 Å². The molecule has 0 unspecified atom stereocenters. The lowest BCUT2D eigenvalue weighted by atomic mass is 9.49. The zero-order valence-electron chi connectivity index (χ0n) is 16.9. The first-order valence-electron chi connectivity index (χ1n) is 10.8. The van der Waals surface area contributed by atoms with E-state index in [0.29, 0.717) is 24.3 Å². The van der Waals surface area contributed by atoms with Gasteiger partial charge in [0, 0.05) is 17.4 Å². The van der Waals surface area contributed by atoms with Crippen molar-refractivity contribution in [1.29, 1.82) is 0 Å². The summed E-state index contributed by atoms with van der Waals surface area (Å²) in [6, 6.07) is 6.94. The SMILES string of the molecule is O=C(CC12CC3CC(CC(C3)C1)C2)NNC(=O)c1cccc(OCc2cscn2)c1. The van der Waals surface area contributed by atoms with Gasteiger partial charge in [-0.05, 0) is 79.9 Å². The maximum atomic E-state index is 12.6. The number of hydrazine groups is 1. The lowest BCUT2D eigenvalue weighted by molar-refractivity contribution is -0.130. The molecule has 0 radical (unpaired) electrons. The first-order chi connectivity index (χ1) is 14.6. The van der Waals surface area contributed by atoms with Gasteiger partial charge in [-0.2, -0.15) is 0 Å². The summed E-state index contributed by atoms with van der Waals surface area (Å²) >= 11 is 1.52. The second kappa shape index (κ2) is 8.02. The number of carbonyl (C=O) groups excluding carboxylic acids is 2. The van der Waals surface area contributed by atoms with E-state index in [1.54, 1.807) is 29.8 Å². The van der Waals surface area contributed by atoms with Crippen LogP contribution in [0.15, 0.2) is 35.2 Å². The van der Waals surface area contributed by atoms with Crippen LogP contribution in [0.1, 0.15) is 61.0 Å². The van der Waals surface area contributed by atoms with Crippen molar-refractivity contribution in [3.8, 4) is 5.75 Å². The minimum Gasteiger partial charge on any atom is -0.487 e. The van der Waals surface area contributed by atoms with Gasteiger partial charge >= 0.3 is 0 Å². The molecule has 6 rings (SSSR count). The second-order valence-electron chi connectivity index (χ2n) is 9.39. The Balaban J connectivity index is 1.13. The number of thiazole rings is 1. The van der Waals surface area contributed by atoms with Gasteiger partial charge in [0.1, 0.15) is 12.4 Å². The standard InChI is InChI=1S/C23H27N3O3S/c27-21(11-23-8-15-4-16(9-23)6-17(5-15)10-23)25-26-22(28)18-2-1-3-20(7-18)29-12-19-13-30-14-24-19/h1-3,7,13-17H,4-6,8-12H2,(H,25,27)(H,26,28). The van der Waals surface area contributed by atoms with Gasteiger partial charge in [0.15, 0.2) is 0 Å². The van der Waals surface area contributed by atoms with Crippen LogP contribution in [0, 0.1) is 23.2 Å². The molecule has 0 saturated heterocycles. The summed E-state index contributed by atoms with van der Waals surface area (Å²) in [5.74, 6) is 2.60. The molecular weight excluding hydrogens is 398 g/mol. The molecule has 1 aromatic heterocycles. The summed E-state index contributed by atoms with van der Waals surface area (Å²) in [6.45, 7) is 0.358. The maximum absolute atomic E-state index is 12.6. The fourth-order valence-electron chi connectivity index (χ4n) is 6.28. The van der Waals surface area contributed by atoms with E-state index in [1.165, 1.54) is 49.9 Å². The highest BCUT2D eigenvalue weighted by atomic mass is 32.1. The molecule has 4 bridgehead atoms. The average molecular weight is 426 g/mol. The minimum absolute atomic E-state index is 0.0822. The van der Waals surface area contributed by atoms with Crippen LogP contribution in [0.5, 0.6) is 5.75 Å². The molecule has 1 aromatic carbocycles. The van der Waals surface area contributed by atoms with Crippen LogP contribution in [0.4, 0.5) is 0 Å². The smallest absolute Gasteiger partial charge is 0.269 e. The lowest BCUT2D eigenvalue weighted by Gasteiger charge is -2.56. The van der Waals surface area contributed by atoms with Gasteiger partial charge in [-0.3, -0.25) is 20.4 Å². The third kappa shape index (κ3) is 4.21. The predicted octanol–water partition coefficient (Wildman–Crippen LogP) is 4.09. The fraction of sp³-hybridized carbons (Fsp3) is 0.522. The van der Waals surface area contributed by atoms with Gasteiger partial charge in [0.2, 0.25) is 5.91 Å². The number of aromatic nitrogens is 1. The number of benzene rings is 1. The lowest BCUT2D eigenvalue weighted by Crippen LogP contribution is -2.50. The molecule has 2 aromatic rings. The predicted molar refractivity (Wildman–Crippen MR) is 114 cm³/mol. The summed E-state index contributed by atoms with van der Waals surface area (Å²) in [7, 11) is 0. The molecule has 158 valence electrons. The monoisotopic (exact) mass is 425 g/mol. The third-order valence-corrected chi connectivity index (χ3v) is 7.62. The quantitative estimate of drug-likeness (QED) is 0.683. The number of amides is 2. The molecule has 1 heterocycles. The molecule has 4 aliphatic carbocycles. The van der Waals surface area contributed by atoms with Crippen molar-refractivity contribution in [1.82, 2.24) is 15.8 Å². The van der Waals surface area contributed by atoms with E-state index in [2.05, 4.69) is 15.8 Å². The van der Waals surface area contributed by atoms with Gasteiger partial charge in [-0.1, -0.05) is 6.07 Å². The van der Waals surface area contributed by atoms with Crippen molar-refractivity contribution in [2.24, 2.45) is 23.2 Å². The molecule has 30 heavy (non-hydrogen) atoms. The number of rotatable bonds is 6. The Morgan fingerprint density at radius 3 is 2.50 bits per heavy atom. The molecule has 0 spiro atoms. The van der Waals surface area contributed by atoms with E-state index in [0.717, 1.165) is 23.4 Å². The fourth-order valence-corrected chi connectivity index (χ4v) is 6.83. The molecule has 0 atom stereocenters. The van der Waals surface area contributed by atoms with E-state index in [1.807, 2.05) is 5.38 Å². The number of carbonyl (C=O) groups is 2. The molecule has 6 nitrogen and oxygen atoms in total. The highest BCUT2D eigenvalue weighted by Crippen LogP contribution is 2.61. The summed E-state index contributed by atoms with van der Waals surface area (Å²) < 4.78 is 5.70. The summed E-state index contributed by atoms with van der Waals surface area (Å²) in [6.07, 6.45) is 8.14. The van der Waals surface area contributed by atoms with Crippen molar-refractivity contribution < 1.29 is 14.3 Å². The Morgan fingerprint density at radius 1 is 1.10 bits per heavy atom. The zero-order valence-corrected chi connectivity index (χ0v) is 17.7. The minimum atomic E-state index is -0.340. The van der Waals surface area contributed by atoms with Crippen LogP contribution in [0.3, 0.4) is 0 Å². The molecule has 2 N–H and O–H groups in total. The Labute approximate surface area is 180 Å². The van der Waals surface area contributed by atoms with E-state index in [9.17, 15) is 9.59 Å². The Kier molecular flexibility index (Phi) is 5.23. The first-order valence-corrected chi connectivity index (χ1v) is 11.7. The average Bonchev–Trinajstić information content (AvgIpc) is 3.23. The zero-order chi connectivity index (χ0) is 20.6.